The maximum atomic E-state index is 10.0. The topological polar surface area (TPSA) is 79.7 Å². The Morgan fingerprint density at radius 2 is 2.04 bits per heavy atom. The quantitative estimate of drug-likeness (QED) is 0.365. The fourth-order valence-electron chi connectivity index (χ4n) is 1.98. The van der Waals surface area contributed by atoms with Crippen molar-refractivity contribution in [2.75, 3.05) is 7.11 Å². The van der Waals surface area contributed by atoms with Crippen molar-refractivity contribution in [2.45, 2.75) is 27.4 Å². The summed E-state index contributed by atoms with van der Waals surface area (Å²) in [5.74, 6) is 0.720. The molecule has 25 heavy (non-hydrogen) atoms. The predicted molar refractivity (Wildman–Crippen MR) is 92.8 cm³/mol. The van der Waals surface area contributed by atoms with E-state index < -0.39 is 0 Å². The summed E-state index contributed by atoms with van der Waals surface area (Å²) >= 11 is 0. The molecule has 2 rings (SSSR count). The Hall–Kier alpha value is -1.97. The van der Waals surface area contributed by atoms with E-state index in [1.165, 1.54) is 19.9 Å². The number of aryl methyl sites for hydroxylation is 1. The van der Waals surface area contributed by atoms with Crippen molar-refractivity contribution in [1.82, 2.24) is 4.98 Å². The maximum Gasteiger partial charge on any atom is 0.155 e. The molecule has 6 heteroatoms. The van der Waals surface area contributed by atoms with Gasteiger partial charge in [-0.1, -0.05) is 13.0 Å². The summed E-state index contributed by atoms with van der Waals surface area (Å²) in [5.41, 5.74) is 3.64. The molecular weight excluding hydrogens is 501 g/mol. The van der Waals surface area contributed by atoms with Crippen molar-refractivity contribution in [3.63, 3.8) is 0 Å². The minimum Gasteiger partial charge on any atom is -0.540 e. The number of ether oxygens (including phenoxy) is 1. The fourth-order valence-corrected chi connectivity index (χ4v) is 1.98. The molecule has 1 aromatic heterocycles. The minimum absolute atomic E-state index is 0. The normalized spacial score (nSPS) is 10.2. The van der Waals surface area contributed by atoms with E-state index in [9.17, 15) is 4.79 Å². The maximum absolute atomic E-state index is 10.0. The van der Waals surface area contributed by atoms with Gasteiger partial charge in [-0.3, -0.25) is 4.79 Å². The molecule has 0 bridgehead atoms. The number of benzene rings is 1. The molecule has 0 unspecified atom stereocenters. The van der Waals surface area contributed by atoms with Gasteiger partial charge in [-0.25, -0.2) is 0 Å². The summed E-state index contributed by atoms with van der Waals surface area (Å²) in [6, 6.07) is 10.5. The van der Waals surface area contributed by atoms with Gasteiger partial charge in [-0.2, -0.15) is 0 Å². The van der Waals surface area contributed by atoms with Crippen molar-refractivity contribution in [3.05, 3.63) is 59.5 Å². The van der Waals surface area contributed by atoms with Gasteiger partial charge < -0.3 is 19.9 Å². The third-order valence-corrected chi connectivity index (χ3v) is 3.02. The van der Waals surface area contributed by atoms with E-state index in [2.05, 4.69) is 11.1 Å². The van der Waals surface area contributed by atoms with Crippen LogP contribution in [0.4, 0.5) is 0 Å². The standard InChI is InChI=1S/C14H14NO2.C5H8O2.Pt/c1-10-7-12(17-2)3-4-13(10)14-8-11(9-16)5-6-15-14;1-4(6)3-5(2)7;/h3,5-8,16H,9H2,1-2H3;3,6H,1-2H3;/q-1;;/b;4-3-;. The van der Waals surface area contributed by atoms with Crippen LogP contribution in [0.25, 0.3) is 11.3 Å². The molecule has 0 saturated carbocycles. The Labute approximate surface area is 162 Å². The second-order valence-electron chi connectivity index (χ2n) is 5.20. The number of aliphatic hydroxyl groups is 2. The van der Waals surface area contributed by atoms with E-state index in [4.69, 9.17) is 14.9 Å². The van der Waals surface area contributed by atoms with Crippen LogP contribution in [0.5, 0.6) is 5.75 Å². The molecule has 0 radical (unpaired) electrons. The number of ketones is 1. The molecule has 0 amide bonds. The zero-order valence-electron chi connectivity index (χ0n) is 14.6. The number of hydrogen-bond acceptors (Lipinski definition) is 5. The molecule has 2 N–H and O–H groups in total. The van der Waals surface area contributed by atoms with Crippen LogP contribution in [0.1, 0.15) is 25.0 Å². The van der Waals surface area contributed by atoms with E-state index in [0.29, 0.717) is 0 Å². The van der Waals surface area contributed by atoms with Crippen LogP contribution in [0.2, 0.25) is 0 Å². The molecule has 0 aliphatic rings. The van der Waals surface area contributed by atoms with E-state index in [1.54, 1.807) is 25.4 Å². The molecule has 1 aromatic carbocycles. The van der Waals surface area contributed by atoms with Gasteiger partial charge in [0.25, 0.3) is 0 Å². The average molecular weight is 523 g/mol. The number of nitrogens with zero attached hydrogens (tertiary/aromatic N) is 1. The van der Waals surface area contributed by atoms with Crippen LogP contribution in [-0.4, -0.2) is 28.1 Å². The first-order valence-corrected chi connectivity index (χ1v) is 7.37. The van der Waals surface area contributed by atoms with Crippen molar-refractivity contribution < 1.29 is 40.8 Å². The summed E-state index contributed by atoms with van der Waals surface area (Å²) in [7, 11) is 1.63. The third-order valence-electron chi connectivity index (χ3n) is 3.02. The van der Waals surface area contributed by atoms with E-state index in [1.807, 2.05) is 19.1 Å². The number of pyridine rings is 1. The third kappa shape index (κ3) is 8.10. The Morgan fingerprint density at radius 3 is 2.48 bits per heavy atom. The number of carbonyl (C=O) groups excluding carboxylic acids is 1. The Bertz CT molecular complexity index is 725. The summed E-state index contributed by atoms with van der Waals surface area (Å²) in [4.78, 5) is 14.3. The second-order valence-corrected chi connectivity index (χ2v) is 5.20. The smallest absolute Gasteiger partial charge is 0.155 e. The van der Waals surface area contributed by atoms with Gasteiger partial charge >= 0.3 is 0 Å². The van der Waals surface area contributed by atoms with E-state index >= 15 is 0 Å². The molecule has 0 saturated heterocycles. The summed E-state index contributed by atoms with van der Waals surface area (Å²) in [5, 5.41) is 17.5. The summed E-state index contributed by atoms with van der Waals surface area (Å²) < 4.78 is 5.14. The van der Waals surface area contributed by atoms with Crippen LogP contribution in [0, 0.1) is 13.0 Å². The SMILES string of the molecule is CC(=O)/C=C(/C)O.COc1c[c-]c(-c2cc(CO)ccn2)c(C)c1.[Pt]. The van der Waals surface area contributed by atoms with Crippen molar-refractivity contribution in [1.29, 1.82) is 0 Å². The molecule has 0 spiro atoms. The minimum atomic E-state index is -0.125. The number of rotatable bonds is 4. The predicted octanol–water partition coefficient (Wildman–Crippen LogP) is 3.39. The molecule has 0 atom stereocenters. The number of aromatic nitrogens is 1. The Morgan fingerprint density at radius 1 is 1.36 bits per heavy atom. The van der Waals surface area contributed by atoms with Crippen LogP contribution in [-0.2, 0) is 32.5 Å². The fraction of sp³-hybridized carbons (Fsp3) is 0.263. The zero-order valence-corrected chi connectivity index (χ0v) is 16.9. The number of aliphatic hydroxyl groups excluding tert-OH is 2. The zero-order chi connectivity index (χ0) is 18.1. The number of carbonyl (C=O) groups is 1. The second kappa shape index (κ2) is 11.6. The average Bonchev–Trinajstić information content (AvgIpc) is 2.54. The molecule has 0 aliphatic heterocycles. The molecule has 1 heterocycles. The number of hydrogen-bond donors (Lipinski definition) is 2. The van der Waals surface area contributed by atoms with Gasteiger partial charge in [0.2, 0.25) is 0 Å². The van der Waals surface area contributed by atoms with Crippen LogP contribution >= 0.6 is 0 Å². The van der Waals surface area contributed by atoms with Crippen LogP contribution in [0.15, 0.2) is 42.3 Å². The molecular formula is C19H22NO4Pt-. The molecule has 138 valence electrons. The number of allylic oxidation sites excluding steroid dienone is 2. The van der Waals surface area contributed by atoms with E-state index in [-0.39, 0.29) is 39.2 Å². The van der Waals surface area contributed by atoms with Crippen molar-refractivity contribution in [3.8, 4) is 17.0 Å². The first-order chi connectivity index (χ1) is 11.4. The van der Waals surface area contributed by atoms with Gasteiger partial charge in [0.05, 0.1) is 19.5 Å². The molecule has 5 nitrogen and oxygen atoms in total. The number of methoxy groups -OCH3 is 1. The first kappa shape index (κ1) is 23.0. The largest absolute Gasteiger partial charge is 0.540 e. The molecule has 2 aromatic rings. The van der Waals surface area contributed by atoms with Gasteiger partial charge in [0.15, 0.2) is 5.78 Å². The van der Waals surface area contributed by atoms with Gasteiger partial charge in [-0.15, -0.1) is 29.3 Å². The monoisotopic (exact) mass is 523 g/mol. The van der Waals surface area contributed by atoms with Gasteiger partial charge in [0, 0.05) is 39.1 Å². The van der Waals surface area contributed by atoms with Gasteiger partial charge in [-0.05, 0) is 31.2 Å². The van der Waals surface area contributed by atoms with Crippen LogP contribution in [0.3, 0.4) is 0 Å². The Balaban J connectivity index is 0.000000620. The molecule has 0 fully saturated rings. The Kier molecular flexibility index (Phi) is 10.6. The van der Waals surface area contributed by atoms with Crippen molar-refractivity contribution >= 4 is 5.78 Å². The van der Waals surface area contributed by atoms with E-state index in [0.717, 1.165) is 28.1 Å². The molecule has 0 aliphatic carbocycles. The van der Waals surface area contributed by atoms with Crippen molar-refractivity contribution in [2.24, 2.45) is 0 Å². The first-order valence-electron chi connectivity index (χ1n) is 7.37. The van der Waals surface area contributed by atoms with Gasteiger partial charge in [0.1, 0.15) is 0 Å². The summed E-state index contributed by atoms with van der Waals surface area (Å²) in [6.07, 6.45) is 2.86. The summed E-state index contributed by atoms with van der Waals surface area (Å²) in [6.45, 7) is 4.85. The van der Waals surface area contributed by atoms with Crippen LogP contribution < -0.4 is 4.74 Å².